The molecule has 2 heterocycles. The molecule has 0 saturated heterocycles. The Kier molecular flexibility index (Phi) is 5.44. The van der Waals surface area contributed by atoms with E-state index < -0.39 is 5.91 Å². The third kappa shape index (κ3) is 4.47. The first-order chi connectivity index (χ1) is 15.8. The minimum Gasteiger partial charge on any atom is -0.436 e. The zero-order valence-corrected chi connectivity index (χ0v) is 17.2. The fraction of sp³-hybridized carbons (Fsp3) is 0.0476. The number of aryl methyl sites for hydroxylation is 1. The number of para-hydroxylation sites is 2. The highest BCUT2D eigenvalue weighted by Gasteiger charge is 2.19. The molecule has 0 aliphatic carbocycles. The van der Waals surface area contributed by atoms with E-state index in [0.29, 0.717) is 17.0 Å². The molecule has 0 radical (unpaired) electrons. The molecule has 0 aliphatic heterocycles. The van der Waals surface area contributed by atoms with Crippen LogP contribution in [0.25, 0.3) is 11.2 Å². The molecule has 4 rings (SSSR count). The van der Waals surface area contributed by atoms with Gasteiger partial charge in [-0.2, -0.15) is 15.2 Å². The topological polar surface area (TPSA) is 204 Å². The first kappa shape index (κ1) is 21.1. The van der Waals surface area contributed by atoms with Gasteiger partial charge in [-0.25, -0.2) is 9.98 Å². The van der Waals surface area contributed by atoms with Crippen molar-refractivity contribution in [1.29, 1.82) is 5.26 Å². The average Bonchev–Trinajstić information content (AvgIpc) is 3.15. The number of fused-ring (bicyclic) bond motifs is 1. The van der Waals surface area contributed by atoms with Gasteiger partial charge in [0.1, 0.15) is 22.8 Å². The van der Waals surface area contributed by atoms with Gasteiger partial charge >= 0.3 is 6.01 Å². The number of aromatic nitrogens is 4. The van der Waals surface area contributed by atoms with Crippen LogP contribution in [0.15, 0.2) is 47.5 Å². The van der Waals surface area contributed by atoms with Crippen molar-refractivity contribution in [1.82, 2.24) is 19.9 Å². The van der Waals surface area contributed by atoms with Gasteiger partial charge in [-0.1, -0.05) is 12.1 Å². The first-order valence-electron chi connectivity index (χ1n) is 9.46. The molecule has 0 spiro atoms. The van der Waals surface area contributed by atoms with E-state index in [9.17, 15) is 10.1 Å². The summed E-state index contributed by atoms with van der Waals surface area (Å²) in [7, 11) is 0. The number of nitrogens with zero attached hydrogens (tertiary/aromatic N) is 5. The summed E-state index contributed by atoms with van der Waals surface area (Å²) in [5.41, 5.74) is 17.7. The number of carbonyl (C=O) groups excluding carboxylic acids is 1. The van der Waals surface area contributed by atoms with Crippen LogP contribution in [0, 0.1) is 18.3 Å². The Morgan fingerprint density at radius 2 is 1.85 bits per heavy atom. The number of primary amides is 1. The minimum atomic E-state index is -0.733. The van der Waals surface area contributed by atoms with E-state index in [0.717, 1.165) is 0 Å². The maximum absolute atomic E-state index is 11.9. The highest BCUT2D eigenvalue weighted by atomic mass is 16.5. The second kappa shape index (κ2) is 8.52. The van der Waals surface area contributed by atoms with Crippen LogP contribution in [-0.2, 0) is 0 Å². The summed E-state index contributed by atoms with van der Waals surface area (Å²) in [6.45, 7) is 1.73. The molecule has 1 amide bonds. The Balaban J connectivity index is 1.81. The quantitative estimate of drug-likeness (QED) is 0.254. The molecule has 0 bridgehead atoms. The van der Waals surface area contributed by atoms with E-state index >= 15 is 0 Å². The summed E-state index contributed by atoms with van der Waals surface area (Å²) in [5.74, 6) is -0.00187. The lowest BCUT2D eigenvalue weighted by molar-refractivity contribution is 0.0998. The molecule has 0 fully saturated rings. The number of rotatable bonds is 6. The van der Waals surface area contributed by atoms with E-state index in [1.165, 1.54) is 18.2 Å². The van der Waals surface area contributed by atoms with Crippen molar-refractivity contribution in [3.05, 3.63) is 59.4 Å². The van der Waals surface area contributed by atoms with E-state index in [1.54, 1.807) is 31.2 Å². The fourth-order valence-electron chi connectivity index (χ4n) is 2.94. The van der Waals surface area contributed by atoms with Crippen molar-refractivity contribution >= 4 is 28.7 Å². The predicted octanol–water partition coefficient (Wildman–Crippen LogP) is 2.12. The van der Waals surface area contributed by atoms with E-state index in [2.05, 4.69) is 24.9 Å². The molecule has 0 aliphatic rings. The number of aliphatic imine (C=N–C) groups is 1. The van der Waals surface area contributed by atoms with Gasteiger partial charge in [0.2, 0.25) is 0 Å². The smallest absolute Gasteiger partial charge is 0.327 e. The van der Waals surface area contributed by atoms with Crippen molar-refractivity contribution in [3.8, 4) is 29.5 Å². The molecule has 164 valence electrons. The number of imidazole rings is 1. The number of hydrogen-bond acceptors (Lipinski definition) is 8. The van der Waals surface area contributed by atoms with Crippen molar-refractivity contribution in [3.63, 3.8) is 0 Å². The van der Waals surface area contributed by atoms with Crippen molar-refractivity contribution in [2.45, 2.75) is 6.92 Å². The standard InChI is InChI=1S/C21H17N9O3/c1-10-26-16-18(27-10)29-21(33-14-5-3-2-4-13(14)28-20(24)25)30-19(16)32-15-8-11(9-22)6-7-12(15)17(23)31/h2-8H,1H3,(H2,23,31)(H4,24,25,28)(H,26,27,29,30). The van der Waals surface area contributed by atoms with Gasteiger partial charge in [0.05, 0.1) is 17.2 Å². The highest BCUT2D eigenvalue weighted by molar-refractivity contribution is 5.96. The maximum atomic E-state index is 11.9. The van der Waals surface area contributed by atoms with Gasteiger partial charge in [-0.15, -0.1) is 0 Å². The van der Waals surface area contributed by atoms with Crippen LogP contribution in [0.2, 0.25) is 0 Å². The Labute approximate surface area is 186 Å². The second-order valence-electron chi connectivity index (χ2n) is 6.73. The number of benzene rings is 2. The summed E-state index contributed by atoms with van der Waals surface area (Å²) >= 11 is 0. The molecule has 0 atom stereocenters. The Bertz CT molecular complexity index is 1450. The van der Waals surface area contributed by atoms with E-state index in [1.807, 2.05) is 6.07 Å². The maximum Gasteiger partial charge on any atom is 0.327 e. The molecule has 2 aromatic heterocycles. The molecule has 12 heteroatoms. The SMILES string of the molecule is Cc1nc2nc(Oc3ccccc3N=C(N)N)nc(Oc3cc(C#N)ccc3C(N)=O)c2[nH]1. The monoisotopic (exact) mass is 443 g/mol. The summed E-state index contributed by atoms with van der Waals surface area (Å²) in [6, 6.07) is 12.8. The number of nitriles is 1. The molecule has 4 aromatic rings. The van der Waals surface area contributed by atoms with Gasteiger partial charge in [0.15, 0.2) is 17.4 Å². The lowest BCUT2D eigenvalue weighted by Crippen LogP contribution is -2.21. The number of carbonyl (C=O) groups is 1. The number of aromatic amines is 1. The third-order valence-corrected chi connectivity index (χ3v) is 4.31. The fourth-order valence-corrected chi connectivity index (χ4v) is 2.94. The number of amides is 1. The van der Waals surface area contributed by atoms with Crippen molar-refractivity contribution in [2.75, 3.05) is 0 Å². The number of ether oxygens (including phenoxy) is 2. The van der Waals surface area contributed by atoms with Crippen LogP contribution in [0.1, 0.15) is 21.7 Å². The van der Waals surface area contributed by atoms with E-state index in [-0.39, 0.29) is 46.1 Å². The van der Waals surface area contributed by atoms with Crippen LogP contribution in [0.3, 0.4) is 0 Å². The average molecular weight is 443 g/mol. The van der Waals surface area contributed by atoms with Gasteiger partial charge in [-0.05, 0) is 37.3 Å². The van der Waals surface area contributed by atoms with Crippen LogP contribution >= 0.6 is 0 Å². The summed E-state index contributed by atoms with van der Waals surface area (Å²) in [5, 5.41) is 9.22. The number of hydrogen-bond donors (Lipinski definition) is 4. The zero-order chi connectivity index (χ0) is 23.5. The predicted molar refractivity (Wildman–Crippen MR) is 118 cm³/mol. The number of nitrogens with one attached hydrogen (secondary N) is 1. The molecule has 0 saturated carbocycles. The van der Waals surface area contributed by atoms with Crippen LogP contribution in [0.5, 0.6) is 23.4 Å². The lowest BCUT2D eigenvalue weighted by Gasteiger charge is -2.11. The normalized spacial score (nSPS) is 10.4. The van der Waals surface area contributed by atoms with Crippen LogP contribution in [0.4, 0.5) is 5.69 Å². The first-order valence-corrected chi connectivity index (χ1v) is 9.46. The molecule has 7 N–H and O–H groups in total. The number of H-pyrrole nitrogens is 1. The lowest BCUT2D eigenvalue weighted by atomic mass is 10.1. The zero-order valence-electron chi connectivity index (χ0n) is 17.2. The Morgan fingerprint density at radius 1 is 1.06 bits per heavy atom. The molecular formula is C21H17N9O3. The second-order valence-corrected chi connectivity index (χ2v) is 6.73. The van der Waals surface area contributed by atoms with Crippen molar-refractivity contribution < 1.29 is 14.3 Å². The van der Waals surface area contributed by atoms with Gasteiger partial charge < -0.3 is 31.7 Å². The third-order valence-electron chi connectivity index (χ3n) is 4.31. The highest BCUT2D eigenvalue weighted by Crippen LogP contribution is 2.34. The number of nitrogens with two attached hydrogens (primary N) is 3. The molecule has 12 nitrogen and oxygen atoms in total. The van der Waals surface area contributed by atoms with Crippen LogP contribution in [-0.4, -0.2) is 31.8 Å². The summed E-state index contributed by atoms with van der Waals surface area (Å²) in [6.07, 6.45) is 0. The molecule has 2 aromatic carbocycles. The Morgan fingerprint density at radius 3 is 2.58 bits per heavy atom. The minimum absolute atomic E-state index is 0.00695. The van der Waals surface area contributed by atoms with Gasteiger partial charge in [0, 0.05) is 0 Å². The molecular weight excluding hydrogens is 426 g/mol. The summed E-state index contributed by atoms with van der Waals surface area (Å²) < 4.78 is 11.7. The largest absolute Gasteiger partial charge is 0.436 e. The van der Waals surface area contributed by atoms with Crippen LogP contribution < -0.4 is 26.7 Å². The Hall–Kier alpha value is -5.18. The number of guanidine groups is 1. The molecule has 0 unspecified atom stereocenters. The van der Waals surface area contributed by atoms with Gasteiger partial charge in [-0.3, -0.25) is 4.79 Å². The van der Waals surface area contributed by atoms with Crippen molar-refractivity contribution in [2.24, 2.45) is 22.2 Å². The van der Waals surface area contributed by atoms with Gasteiger partial charge in [0.25, 0.3) is 11.8 Å². The van der Waals surface area contributed by atoms with E-state index in [4.69, 9.17) is 26.7 Å². The molecule has 33 heavy (non-hydrogen) atoms. The summed E-state index contributed by atoms with van der Waals surface area (Å²) in [4.78, 5) is 31.8.